The molecule has 2 rings (SSSR count). The van der Waals surface area contributed by atoms with Crippen LogP contribution in [0.4, 0.5) is 0 Å². The lowest BCUT2D eigenvalue weighted by Crippen LogP contribution is -2.36. The minimum absolute atomic E-state index is 0.572. The summed E-state index contributed by atoms with van der Waals surface area (Å²) in [5.41, 5.74) is 2.10. The molecule has 1 aromatic carbocycles. The van der Waals surface area contributed by atoms with Crippen molar-refractivity contribution in [3.63, 3.8) is 0 Å². The summed E-state index contributed by atoms with van der Waals surface area (Å²) < 4.78 is 12.4. The largest absolute Gasteiger partial charge is 0.497 e. The van der Waals surface area contributed by atoms with E-state index in [0.29, 0.717) is 13.1 Å². The van der Waals surface area contributed by atoms with Gasteiger partial charge in [-0.05, 0) is 19.1 Å². The lowest BCUT2D eigenvalue weighted by atomic mass is 10.2. The van der Waals surface area contributed by atoms with Crippen molar-refractivity contribution in [2.45, 2.75) is 20.0 Å². The van der Waals surface area contributed by atoms with Gasteiger partial charge in [-0.2, -0.15) is 5.10 Å². The molecular weight excluding hydrogens is 306 g/mol. The van der Waals surface area contributed by atoms with Crippen molar-refractivity contribution in [2.24, 2.45) is 12.0 Å². The van der Waals surface area contributed by atoms with E-state index in [-0.39, 0.29) is 0 Å². The van der Waals surface area contributed by atoms with E-state index in [1.807, 2.05) is 44.6 Å². The van der Waals surface area contributed by atoms with Crippen LogP contribution in [0, 0.1) is 0 Å². The second-order valence-corrected chi connectivity index (χ2v) is 5.25. The fourth-order valence-corrected chi connectivity index (χ4v) is 2.24. The highest BCUT2D eigenvalue weighted by Crippen LogP contribution is 2.24. The highest BCUT2D eigenvalue weighted by Gasteiger charge is 2.06. The van der Waals surface area contributed by atoms with Gasteiger partial charge in [-0.3, -0.25) is 4.68 Å². The molecule has 0 atom stereocenters. The molecule has 0 saturated heterocycles. The molecule has 1 heterocycles. The van der Waals surface area contributed by atoms with E-state index >= 15 is 0 Å². The molecule has 2 N–H and O–H groups in total. The Morgan fingerprint density at radius 1 is 1.25 bits per heavy atom. The molecule has 0 bridgehead atoms. The van der Waals surface area contributed by atoms with E-state index in [4.69, 9.17) is 9.47 Å². The van der Waals surface area contributed by atoms with Crippen molar-refractivity contribution < 1.29 is 9.47 Å². The first-order valence-corrected chi connectivity index (χ1v) is 7.86. The van der Waals surface area contributed by atoms with Crippen molar-refractivity contribution in [1.82, 2.24) is 20.4 Å². The quantitative estimate of drug-likeness (QED) is 0.597. The molecule has 7 heteroatoms. The summed E-state index contributed by atoms with van der Waals surface area (Å²) in [7, 11) is 5.19. The van der Waals surface area contributed by atoms with Crippen LogP contribution in [0.2, 0.25) is 0 Å². The highest BCUT2D eigenvalue weighted by molar-refractivity contribution is 5.79. The van der Waals surface area contributed by atoms with Crippen LogP contribution < -0.4 is 20.1 Å². The Labute approximate surface area is 142 Å². The average molecular weight is 331 g/mol. The number of aryl methyl sites for hydroxylation is 1. The summed E-state index contributed by atoms with van der Waals surface area (Å²) in [5.74, 6) is 2.30. The number of hydrogen-bond donors (Lipinski definition) is 2. The standard InChI is InChI=1S/C17H25N5O2/c1-5-18-17(19-9-13-10-21-22(2)12-13)20-11-14-6-7-15(23-3)8-16(14)24-4/h6-8,10,12H,5,9,11H2,1-4H3,(H2,18,19,20). The van der Waals surface area contributed by atoms with Gasteiger partial charge in [-0.1, -0.05) is 0 Å². The zero-order valence-corrected chi connectivity index (χ0v) is 14.7. The highest BCUT2D eigenvalue weighted by atomic mass is 16.5. The van der Waals surface area contributed by atoms with Crippen LogP contribution in [0.3, 0.4) is 0 Å². The average Bonchev–Trinajstić information content (AvgIpc) is 3.02. The number of ether oxygens (including phenoxy) is 2. The molecule has 0 fully saturated rings. The number of benzene rings is 1. The van der Waals surface area contributed by atoms with E-state index < -0.39 is 0 Å². The predicted octanol–water partition coefficient (Wildman–Crippen LogP) is 1.69. The number of nitrogens with one attached hydrogen (secondary N) is 2. The topological polar surface area (TPSA) is 72.7 Å². The molecule has 1 aromatic heterocycles. The van der Waals surface area contributed by atoms with Gasteiger partial charge in [0.25, 0.3) is 0 Å². The summed E-state index contributed by atoms with van der Waals surface area (Å²) in [6, 6.07) is 5.77. The van der Waals surface area contributed by atoms with Crippen LogP contribution in [-0.2, 0) is 20.1 Å². The normalized spacial score (nSPS) is 11.2. The zero-order valence-electron chi connectivity index (χ0n) is 14.7. The van der Waals surface area contributed by atoms with E-state index in [1.54, 1.807) is 18.9 Å². The molecule has 0 amide bonds. The van der Waals surface area contributed by atoms with Crippen molar-refractivity contribution in [3.8, 4) is 11.5 Å². The first-order chi connectivity index (χ1) is 11.7. The third kappa shape index (κ3) is 4.91. The fraction of sp³-hybridized carbons (Fsp3) is 0.412. The van der Waals surface area contributed by atoms with Crippen LogP contribution in [0.1, 0.15) is 18.1 Å². The minimum Gasteiger partial charge on any atom is -0.497 e. The molecule has 24 heavy (non-hydrogen) atoms. The number of aliphatic imine (C=N–C) groups is 1. The van der Waals surface area contributed by atoms with Gasteiger partial charge < -0.3 is 20.1 Å². The van der Waals surface area contributed by atoms with Crippen molar-refractivity contribution in [1.29, 1.82) is 0 Å². The van der Waals surface area contributed by atoms with Gasteiger partial charge in [0.1, 0.15) is 11.5 Å². The number of rotatable bonds is 7. The van der Waals surface area contributed by atoms with Crippen LogP contribution in [0.25, 0.3) is 0 Å². The van der Waals surface area contributed by atoms with Crippen LogP contribution in [0.15, 0.2) is 35.6 Å². The Hall–Kier alpha value is -2.70. The maximum atomic E-state index is 5.42. The Kier molecular flexibility index (Phi) is 6.48. The number of methoxy groups -OCH3 is 2. The molecule has 0 aliphatic rings. The number of nitrogens with zero attached hydrogens (tertiary/aromatic N) is 3. The van der Waals surface area contributed by atoms with E-state index in [9.17, 15) is 0 Å². The van der Waals surface area contributed by atoms with Crippen LogP contribution in [0.5, 0.6) is 11.5 Å². The van der Waals surface area contributed by atoms with Crippen LogP contribution in [-0.4, -0.2) is 36.5 Å². The lowest BCUT2D eigenvalue weighted by Gasteiger charge is -2.14. The molecule has 0 aliphatic carbocycles. The van der Waals surface area contributed by atoms with Crippen molar-refractivity contribution in [2.75, 3.05) is 20.8 Å². The molecule has 130 valence electrons. The summed E-state index contributed by atoms with van der Waals surface area (Å²) in [5, 5.41) is 10.7. The van der Waals surface area contributed by atoms with Crippen molar-refractivity contribution >= 4 is 5.96 Å². The number of aromatic nitrogens is 2. The van der Waals surface area contributed by atoms with E-state index in [0.717, 1.165) is 35.1 Å². The molecule has 0 spiro atoms. The smallest absolute Gasteiger partial charge is 0.191 e. The van der Waals surface area contributed by atoms with Gasteiger partial charge >= 0.3 is 0 Å². The second-order valence-electron chi connectivity index (χ2n) is 5.25. The summed E-state index contributed by atoms with van der Waals surface area (Å²) >= 11 is 0. The van der Waals surface area contributed by atoms with Gasteiger partial charge in [-0.15, -0.1) is 0 Å². The third-order valence-corrected chi connectivity index (χ3v) is 3.46. The Balaban J connectivity index is 2.02. The molecule has 0 radical (unpaired) electrons. The summed E-state index contributed by atoms with van der Waals surface area (Å²) in [6.07, 6.45) is 3.78. The van der Waals surface area contributed by atoms with Crippen LogP contribution >= 0.6 is 0 Å². The predicted molar refractivity (Wildman–Crippen MR) is 94.4 cm³/mol. The van der Waals surface area contributed by atoms with Gasteiger partial charge in [0.2, 0.25) is 0 Å². The Morgan fingerprint density at radius 3 is 2.71 bits per heavy atom. The minimum atomic E-state index is 0.572. The summed E-state index contributed by atoms with van der Waals surface area (Å²) in [4.78, 5) is 4.58. The Bertz CT molecular complexity index is 681. The molecule has 0 unspecified atom stereocenters. The first-order valence-electron chi connectivity index (χ1n) is 7.86. The maximum absolute atomic E-state index is 5.42. The second kappa shape index (κ2) is 8.81. The molecular formula is C17H25N5O2. The monoisotopic (exact) mass is 331 g/mol. The first kappa shape index (κ1) is 17.7. The SMILES string of the molecule is CCNC(=NCc1cnn(C)c1)NCc1ccc(OC)cc1OC. The third-order valence-electron chi connectivity index (χ3n) is 3.46. The number of guanidine groups is 1. The maximum Gasteiger partial charge on any atom is 0.191 e. The van der Waals surface area contributed by atoms with Gasteiger partial charge in [0.15, 0.2) is 5.96 Å². The fourth-order valence-electron chi connectivity index (χ4n) is 2.24. The van der Waals surface area contributed by atoms with Gasteiger partial charge in [0, 0.05) is 43.5 Å². The van der Waals surface area contributed by atoms with Crippen molar-refractivity contribution in [3.05, 3.63) is 41.7 Å². The number of hydrogen-bond acceptors (Lipinski definition) is 4. The molecule has 0 saturated carbocycles. The zero-order chi connectivity index (χ0) is 17.4. The van der Waals surface area contributed by atoms with Gasteiger partial charge in [-0.25, -0.2) is 4.99 Å². The lowest BCUT2D eigenvalue weighted by molar-refractivity contribution is 0.390. The van der Waals surface area contributed by atoms with E-state index in [2.05, 4.69) is 20.7 Å². The molecule has 2 aromatic rings. The summed E-state index contributed by atoms with van der Waals surface area (Å²) in [6.45, 7) is 4.00. The molecule has 0 aliphatic heterocycles. The molecule has 7 nitrogen and oxygen atoms in total. The van der Waals surface area contributed by atoms with Gasteiger partial charge in [0.05, 0.1) is 27.0 Å². The Morgan fingerprint density at radius 2 is 2.08 bits per heavy atom. The van der Waals surface area contributed by atoms with E-state index in [1.165, 1.54) is 0 Å².